The highest BCUT2D eigenvalue weighted by Gasteiger charge is 2.33. The van der Waals surface area contributed by atoms with Crippen LogP contribution in [0.3, 0.4) is 0 Å². The van der Waals surface area contributed by atoms with E-state index < -0.39 is 0 Å². The van der Waals surface area contributed by atoms with Crippen molar-refractivity contribution in [3.63, 3.8) is 0 Å². The van der Waals surface area contributed by atoms with Gasteiger partial charge in [-0.3, -0.25) is 0 Å². The molecule has 1 fully saturated rings. The third kappa shape index (κ3) is 2.33. The lowest BCUT2D eigenvalue weighted by molar-refractivity contribution is 0.219. The SMILES string of the molecule is CC(Cl)c1nc2cc(Cl)ccc2n1C1(C)CCCCC1. The van der Waals surface area contributed by atoms with E-state index in [0.29, 0.717) is 0 Å². The molecule has 0 aliphatic heterocycles. The van der Waals surface area contributed by atoms with E-state index in [1.54, 1.807) is 0 Å². The summed E-state index contributed by atoms with van der Waals surface area (Å²) in [6, 6.07) is 5.95. The zero-order valence-electron chi connectivity index (χ0n) is 12.0. The summed E-state index contributed by atoms with van der Waals surface area (Å²) in [5.74, 6) is 0.966. The van der Waals surface area contributed by atoms with Crippen LogP contribution in [-0.4, -0.2) is 9.55 Å². The van der Waals surface area contributed by atoms with E-state index in [4.69, 9.17) is 28.2 Å². The van der Waals surface area contributed by atoms with Crippen LogP contribution in [0.1, 0.15) is 57.2 Å². The van der Waals surface area contributed by atoms with Gasteiger partial charge in [0, 0.05) is 10.6 Å². The number of fused-ring (bicyclic) bond motifs is 1. The van der Waals surface area contributed by atoms with Crippen molar-refractivity contribution < 1.29 is 0 Å². The summed E-state index contributed by atoms with van der Waals surface area (Å²) < 4.78 is 2.37. The zero-order valence-corrected chi connectivity index (χ0v) is 13.5. The standard InChI is InChI=1S/C16H20Cl2N2/c1-11(17)15-19-13-10-12(18)6-7-14(13)20(15)16(2)8-4-3-5-9-16/h6-7,10-11H,3-5,8-9H2,1-2H3. The van der Waals surface area contributed by atoms with Gasteiger partial charge in [-0.2, -0.15) is 0 Å². The summed E-state index contributed by atoms with van der Waals surface area (Å²) in [7, 11) is 0. The molecule has 0 radical (unpaired) electrons. The average molecular weight is 311 g/mol. The molecular weight excluding hydrogens is 291 g/mol. The van der Waals surface area contributed by atoms with Crippen LogP contribution in [0.15, 0.2) is 18.2 Å². The average Bonchev–Trinajstić information content (AvgIpc) is 2.79. The van der Waals surface area contributed by atoms with Gasteiger partial charge in [-0.1, -0.05) is 30.9 Å². The van der Waals surface area contributed by atoms with Crippen molar-refractivity contribution in [3.8, 4) is 0 Å². The maximum absolute atomic E-state index is 6.38. The highest BCUT2D eigenvalue weighted by molar-refractivity contribution is 6.31. The van der Waals surface area contributed by atoms with E-state index in [-0.39, 0.29) is 10.9 Å². The number of hydrogen-bond acceptors (Lipinski definition) is 1. The van der Waals surface area contributed by atoms with Crippen molar-refractivity contribution in [3.05, 3.63) is 29.0 Å². The monoisotopic (exact) mass is 310 g/mol. The van der Waals surface area contributed by atoms with Gasteiger partial charge in [0.05, 0.1) is 16.4 Å². The van der Waals surface area contributed by atoms with Gasteiger partial charge in [-0.05, 0) is 44.9 Å². The van der Waals surface area contributed by atoms with Crippen molar-refractivity contribution >= 4 is 34.2 Å². The maximum Gasteiger partial charge on any atom is 0.128 e. The van der Waals surface area contributed by atoms with Crippen LogP contribution < -0.4 is 0 Å². The third-order valence-corrected chi connectivity index (χ3v) is 4.90. The molecule has 108 valence electrons. The number of halogens is 2. The molecular formula is C16H20Cl2N2. The second-order valence-corrected chi connectivity index (χ2v) is 7.20. The quantitative estimate of drug-likeness (QED) is 0.653. The van der Waals surface area contributed by atoms with Gasteiger partial charge in [0.1, 0.15) is 5.82 Å². The summed E-state index contributed by atoms with van der Waals surface area (Å²) in [6.07, 6.45) is 6.27. The smallest absolute Gasteiger partial charge is 0.128 e. The molecule has 1 aliphatic rings. The predicted octanol–water partition coefficient (Wildman–Crippen LogP) is 5.67. The molecule has 20 heavy (non-hydrogen) atoms. The zero-order chi connectivity index (χ0) is 14.3. The van der Waals surface area contributed by atoms with Crippen LogP contribution in [0, 0.1) is 0 Å². The topological polar surface area (TPSA) is 17.8 Å². The second-order valence-electron chi connectivity index (χ2n) is 6.11. The number of rotatable bonds is 2. The van der Waals surface area contributed by atoms with Gasteiger partial charge in [0.15, 0.2) is 0 Å². The Kier molecular flexibility index (Phi) is 3.72. The Labute approximate surface area is 130 Å². The van der Waals surface area contributed by atoms with Crippen molar-refractivity contribution in [2.24, 2.45) is 0 Å². The Morgan fingerprint density at radius 3 is 2.60 bits per heavy atom. The molecule has 0 amide bonds. The summed E-state index contributed by atoms with van der Waals surface area (Å²) in [5.41, 5.74) is 2.23. The number of imidazole rings is 1. The lowest BCUT2D eigenvalue weighted by Gasteiger charge is -2.37. The first kappa shape index (κ1) is 14.2. The van der Waals surface area contributed by atoms with Gasteiger partial charge in [-0.25, -0.2) is 4.98 Å². The minimum Gasteiger partial charge on any atom is -0.321 e. The number of hydrogen-bond donors (Lipinski definition) is 0. The largest absolute Gasteiger partial charge is 0.321 e. The van der Waals surface area contributed by atoms with Gasteiger partial charge >= 0.3 is 0 Å². The molecule has 0 saturated heterocycles. The molecule has 1 aromatic heterocycles. The maximum atomic E-state index is 6.38. The fraction of sp³-hybridized carbons (Fsp3) is 0.562. The first-order valence-electron chi connectivity index (χ1n) is 7.34. The molecule has 1 aromatic carbocycles. The van der Waals surface area contributed by atoms with Gasteiger partial charge in [0.2, 0.25) is 0 Å². The van der Waals surface area contributed by atoms with Crippen molar-refractivity contribution in [1.82, 2.24) is 9.55 Å². The fourth-order valence-corrected chi connectivity index (χ4v) is 3.76. The molecule has 2 nitrogen and oxygen atoms in total. The molecule has 3 rings (SSSR count). The molecule has 1 saturated carbocycles. The van der Waals surface area contributed by atoms with Crippen molar-refractivity contribution in [2.75, 3.05) is 0 Å². The molecule has 1 unspecified atom stereocenters. The first-order chi connectivity index (χ1) is 9.51. The summed E-state index contributed by atoms with van der Waals surface area (Å²) in [6.45, 7) is 4.33. The highest BCUT2D eigenvalue weighted by Crippen LogP contribution is 2.40. The van der Waals surface area contributed by atoms with E-state index >= 15 is 0 Å². The summed E-state index contributed by atoms with van der Waals surface area (Å²) in [5, 5.41) is 0.629. The molecule has 1 heterocycles. The van der Waals surface area contributed by atoms with Crippen molar-refractivity contribution in [2.45, 2.75) is 56.9 Å². The van der Waals surface area contributed by atoms with Crippen molar-refractivity contribution in [1.29, 1.82) is 0 Å². The Morgan fingerprint density at radius 1 is 1.25 bits per heavy atom. The summed E-state index contributed by atoms with van der Waals surface area (Å²) in [4.78, 5) is 4.74. The van der Waals surface area contributed by atoms with Crippen LogP contribution in [0.4, 0.5) is 0 Å². The van der Waals surface area contributed by atoms with E-state index in [2.05, 4.69) is 17.6 Å². The second kappa shape index (κ2) is 5.23. The number of benzene rings is 1. The van der Waals surface area contributed by atoms with E-state index in [0.717, 1.165) is 21.9 Å². The van der Waals surface area contributed by atoms with Crippen LogP contribution >= 0.6 is 23.2 Å². The van der Waals surface area contributed by atoms with Crippen LogP contribution in [-0.2, 0) is 5.54 Å². The molecule has 0 spiro atoms. The third-order valence-electron chi connectivity index (χ3n) is 4.47. The molecule has 1 aliphatic carbocycles. The van der Waals surface area contributed by atoms with Gasteiger partial charge in [0.25, 0.3) is 0 Å². The molecule has 2 aromatic rings. The molecule has 0 bridgehead atoms. The van der Waals surface area contributed by atoms with E-state index in [9.17, 15) is 0 Å². The minimum atomic E-state index is -0.0973. The fourth-order valence-electron chi connectivity index (χ4n) is 3.44. The Bertz CT molecular complexity index is 625. The highest BCUT2D eigenvalue weighted by atomic mass is 35.5. The first-order valence-corrected chi connectivity index (χ1v) is 8.15. The Morgan fingerprint density at radius 2 is 1.95 bits per heavy atom. The van der Waals surface area contributed by atoms with Crippen LogP contribution in [0.2, 0.25) is 5.02 Å². The summed E-state index contributed by atoms with van der Waals surface area (Å²) >= 11 is 12.5. The van der Waals surface area contributed by atoms with E-state index in [1.165, 1.54) is 32.1 Å². The Balaban J connectivity index is 2.23. The van der Waals surface area contributed by atoms with Crippen LogP contribution in [0.25, 0.3) is 11.0 Å². The van der Waals surface area contributed by atoms with E-state index in [1.807, 2.05) is 19.1 Å². The number of nitrogens with zero attached hydrogens (tertiary/aromatic N) is 2. The molecule has 4 heteroatoms. The van der Waals surface area contributed by atoms with Crippen LogP contribution in [0.5, 0.6) is 0 Å². The minimum absolute atomic E-state index is 0.0973. The lowest BCUT2D eigenvalue weighted by Crippen LogP contribution is -2.34. The molecule has 1 atom stereocenters. The van der Waals surface area contributed by atoms with Gasteiger partial charge in [-0.15, -0.1) is 11.6 Å². The number of aromatic nitrogens is 2. The predicted molar refractivity (Wildman–Crippen MR) is 85.7 cm³/mol. The van der Waals surface area contributed by atoms with Gasteiger partial charge < -0.3 is 4.57 Å². The number of alkyl halides is 1. The lowest BCUT2D eigenvalue weighted by atomic mass is 9.82. The normalized spacial score (nSPS) is 20.2. The Hall–Kier alpha value is -0.730. The molecule has 0 N–H and O–H groups in total.